The van der Waals surface area contributed by atoms with Gasteiger partial charge in [-0.15, -0.1) is 0 Å². The summed E-state index contributed by atoms with van der Waals surface area (Å²) in [5.74, 6) is 0.598. The van der Waals surface area contributed by atoms with Crippen molar-refractivity contribution in [3.63, 3.8) is 0 Å². The van der Waals surface area contributed by atoms with E-state index in [1.54, 1.807) is 0 Å². The number of hydrogen-bond donors (Lipinski definition) is 0. The van der Waals surface area contributed by atoms with Gasteiger partial charge in [-0.25, -0.2) is 8.42 Å². The van der Waals surface area contributed by atoms with Crippen LogP contribution < -0.4 is 0 Å². The number of amides is 1. The number of benzene rings is 1. The van der Waals surface area contributed by atoms with Gasteiger partial charge in [0, 0.05) is 37.1 Å². The summed E-state index contributed by atoms with van der Waals surface area (Å²) in [6.07, 6.45) is 1.88. The van der Waals surface area contributed by atoms with Crippen molar-refractivity contribution in [3.05, 3.63) is 34.3 Å². The van der Waals surface area contributed by atoms with E-state index in [9.17, 15) is 13.2 Å². The molecular formula is C17H23ClN2O3S. The lowest BCUT2D eigenvalue weighted by Crippen LogP contribution is -2.39. The monoisotopic (exact) mass is 370 g/mol. The van der Waals surface area contributed by atoms with Gasteiger partial charge in [0.2, 0.25) is 5.91 Å². The van der Waals surface area contributed by atoms with E-state index in [-0.39, 0.29) is 23.5 Å². The molecule has 2 aliphatic heterocycles. The number of carbonyl (C=O) groups is 1. The maximum absolute atomic E-state index is 12.5. The van der Waals surface area contributed by atoms with Gasteiger partial charge in [-0.2, -0.15) is 0 Å². The third kappa shape index (κ3) is 3.92. The molecule has 1 atom stereocenters. The van der Waals surface area contributed by atoms with Crippen molar-refractivity contribution < 1.29 is 13.2 Å². The number of carbonyl (C=O) groups excluding carboxylic acids is 1. The normalized spacial score (nSPS) is 22.6. The molecule has 7 heteroatoms. The number of nitrogens with zero attached hydrogens (tertiary/aromatic N) is 2. The fourth-order valence-electron chi connectivity index (χ4n) is 3.51. The Bertz CT molecular complexity index is 735. The first-order chi connectivity index (χ1) is 11.4. The van der Waals surface area contributed by atoms with Crippen LogP contribution in [0.3, 0.4) is 0 Å². The van der Waals surface area contributed by atoms with Crippen molar-refractivity contribution in [2.75, 3.05) is 31.6 Å². The Morgan fingerprint density at radius 2 is 2.21 bits per heavy atom. The van der Waals surface area contributed by atoms with E-state index in [0.717, 1.165) is 22.6 Å². The van der Waals surface area contributed by atoms with E-state index in [1.165, 1.54) is 0 Å². The van der Waals surface area contributed by atoms with Crippen LogP contribution in [0.25, 0.3) is 0 Å². The summed E-state index contributed by atoms with van der Waals surface area (Å²) in [5.41, 5.74) is 2.27. The minimum absolute atomic E-state index is 0.0451. The Morgan fingerprint density at radius 3 is 2.92 bits per heavy atom. The number of rotatable bonds is 4. The summed E-state index contributed by atoms with van der Waals surface area (Å²) in [7, 11) is -0.980. The quantitative estimate of drug-likeness (QED) is 0.810. The second kappa shape index (κ2) is 7.02. The lowest BCUT2D eigenvalue weighted by molar-refractivity contribution is -0.132. The highest BCUT2D eigenvalue weighted by Gasteiger charge is 2.31. The zero-order valence-corrected chi connectivity index (χ0v) is 15.4. The molecule has 2 aliphatic rings. The maximum atomic E-state index is 12.5. The Balaban J connectivity index is 1.53. The molecule has 1 amide bonds. The molecule has 0 radical (unpaired) electrons. The average molecular weight is 371 g/mol. The smallest absolute Gasteiger partial charge is 0.224 e. The molecule has 0 bridgehead atoms. The van der Waals surface area contributed by atoms with Crippen LogP contribution in [-0.4, -0.2) is 61.8 Å². The zero-order valence-electron chi connectivity index (χ0n) is 13.9. The van der Waals surface area contributed by atoms with Crippen LogP contribution in [0, 0.1) is 0 Å². The molecule has 0 aliphatic carbocycles. The van der Waals surface area contributed by atoms with Crippen LogP contribution in [0.5, 0.6) is 0 Å². The molecule has 1 aromatic rings. The summed E-state index contributed by atoms with van der Waals surface area (Å²) in [5, 5.41) is 0.779. The summed E-state index contributed by atoms with van der Waals surface area (Å²) in [6, 6.07) is 5.88. The Morgan fingerprint density at radius 1 is 1.42 bits per heavy atom. The lowest BCUT2D eigenvalue weighted by Gasteiger charge is -2.30. The highest BCUT2D eigenvalue weighted by Crippen LogP contribution is 2.26. The van der Waals surface area contributed by atoms with Gasteiger partial charge >= 0.3 is 0 Å². The molecular weight excluding hydrogens is 348 g/mol. The summed E-state index contributed by atoms with van der Waals surface area (Å²) >= 11 is 6.21. The largest absolute Gasteiger partial charge is 0.338 e. The van der Waals surface area contributed by atoms with Gasteiger partial charge in [0.25, 0.3) is 0 Å². The first kappa shape index (κ1) is 17.7. The predicted octanol–water partition coefficient (Wildman–Crippen LogP) is 1.73. The Kier molecular flexibility index (Phi) is 5.18. The van der Waals surface area contributed by atoms with Crippen molar-refractivity contribution in [1.82, 2.24) is 9.80 Å². The van der Waals surface area contributed by atoms with Crippen LogP contribution >= 0.6 is 11.6 Å². The molecule has 2 heterocycles. The van der Waals surface area contributed by atoms with Gasteiger partial charge in [0.15, 0.2) is 9.84 Å². The summed E-state index contributed by atoms with van der Waals surface area (Å²) in [4.78, 5) is 16.4. The number of hydrogen-bond acceptors (Lipinski definition) is 4. The molecule has 132 valence electrons. The lowest BCUT2D eigenvalue weighted by atomic mass is 9.99. The molecule has 5 nitrogen and oxygen atoms in total. The van der Waals surface area contributed by atoms with Crippen molar-refractivity contribution in [2.24, 2.45) is 0 Å². The topological polar surface area (TPSA) is 57.7 Å². The molecule has 1 unspecified atom stereocenters. The maximum Gasteiger partial charge on any atom is 0.224 e. The molecule has 0 N–H and O–H groups in total. The van der Waals surface area contributed by atoms with Crippen LogP contribution in [0.4, 0.5) is 0 Å². The van der Waals surface area contributed by atoms with Gasteiger partial charge in [0.1, 0.15) is 0 Å². The zero-order chi connectivity index (χ0) is 17.3. The van der Waals surface area contributed by atoms with Crippen molar-refractivity contribution in [3.8, 4) is 0 Å². The third-order valence-corrected chi connectivity index (χ3v) is 7.18. The van der Waals surface area contributed by atoms with Crippen molar-refractivity contribution in [1.29, 1.82) is 0 Å². The molecule has 1 saturated heterocycles. The molecule has 0 aromatic heterocycles. The van der Waals surface area contributed by atoms with Crippen LogP contribution in [-0.2, 0) is 27.6 Å². The van der Waals surface area contributed by atoms with E-state index in [2.05, 4.69) is 0 Å². The minimum Gasteiger partial charge on any atom is -0.338 e. The minimum atomic E-state index is -2.89. The van der Waals surface area contributed by atoms with Crippen molar-refractivity contribution >= 4 is 27.3 Å². The predicted molar refractivity (Wildman–Crippen MR) is 94.9 cm³/mol. The van der Waals surface area contributed by atoms with Gasteiger partial charge in [-0.3, -0.25) is 4.79 Å². The molecule has 0 saturated carbocycles. The standard InChI is InChI=1S/C17H23ClN2O3S/c1-19(14-7-10-24(22,23)12-14)8-6-17(21)20-9-5-15-13(11-20)3-2-4-16(15)18/h2-4,14H,5-12H2,1H3. The summed E-state index contributed by atoms with van der Waals surface area (Å²) in [6.45, 7) is 1.89. The molecule has 3 rings (SSSR count). The second-order valence-electron chi connectivity index (χ2n) is 6.73. The molecule has 1 aromatic carbocycles. The third-order valence-electron chi connectivity index (χ3n) is 5.07. The van der Waals surface area contributed by atoms with Gasteiger partial charge in [-0.05, 0) is 37.1 Å². The average Bonchev–Trinajstić information content (AvgIpc) is 2.92. The van der Waals surface area contributed by atoms with Crippen LogP contribution in [0.15, 0.2) is 18.2 Å². The first-order valence-corrected chi connectivity index (χ1v) is 10.5. The Labute approximate surface area is 148 Å². The molecule has 1 fully saturated rings. The van der Waals surface area contributed by atoms with E-state index >= 15 is 0 Å². The fourth-order valence-corrected chi connectivity index (χ4v) is 5.61. The fraction of sp³-hybridized carbons (Fsp3) is 0.588. The highest BCUT2D eigenvalue weighted by atomic mass is 35.5. The van der Waals surface area contributed by atoms with E-state index in [0.29, 0.717) is 32.5 Å². The summed E-state index contributed by atoms with van der Waals surface area (Å²) < 4.78 is 23.1. The van der Waals surface area contributed by atoms with Crippen LogP contribution in [0.1, 0.15) is 24.0 Å². The van der Waals surface area contributed by atoms with Crippen molar-refractivity contribution in [2.45, 2.75) is 31.8 Å². The number of halogens is 1. The Hall–Kier alpha value is -1.11. The van der Waals surface area contributed by atoms with Gasteiger partial charge in [0.05, 0.1) is 11.5 Å². The molecule has 24 heavy (non-hydrogen) atoms. The number of fused-ring (bicyclic) bond motifs is 1. The first-order valence-electron chi connectivity index (χ1n) is 8.30. The molecule has 0 spiro atoms. The highest BCUT2D eigenvalue weighted by molar-refractivity contribution is 7.91. The van der Waals surface area contributed by atoms with E-state index in [1.807, 2.05) is 35.0 Å². The second-order valence-corrected chi connectivity index (χ2v) is 9.37. The number of sulfone groups is 1. The van der Waals surface area contributed by atoms with Gasteiger partial charge in [-0.1, -0.05) is 23.7 Å². The van der Waals surface area contributed by atoms with E-state index in [4.69, 9.17) is 11.6 Å². The van der Waals surface area contributed by atoms with Crippen LogP contribution in [0.2, 0.25) is 5.02 Å². The van der Waals surface area contributed by atoms with Gasteiger partial charge < -0.3 is 9.80 Å². The van der Waals surface area contributed by atoms with E-state index < -0.39 is 9.84 Å². The SMILES string of the molecule is CN(CCC(=O)N1CCc2c(Cl)cccc2C1)C1CCS(=O)(=O)C1.